The molecule has 1 aromatic rings. The fraction of sp³-hybridized carbons (Fsp3) is 0.545. The van der Waals surface area contributed by atoms with Crippen LogP contribution >= 0.6 is 47.0 Å². The summed E-state index contributed by atoms with van der Waals surface area (Å²) in [5.41, 5.74) is 0.435. The molecule has 190 valence electrons. The minimum Gasteiger partial charge on any atom is -0.478 e. The van der Waals surface area contributed by atoms with Gasteiger partial charge < -0.3 is 20.4 Å². The molecule has 4 N–H and O–H groups in total. The number of hydrogen-bond donors (Lipinski definition) is 4. The van der Waals surface area contributed by atoms with E-state index in [-0.39, 0.29) is 32.6 Å². The van der Waals surface area contributed by atoms with Crippen molar-refractivity contribution < 1.29 is 39.6 Å². The minimum atomic E-state index is -1.36. The zero-order valence-corrected chi connectivity index (χ0v) is 22.6. The molecule has 34 heavy (non-hydrogen) atoms. The third kappa shape index (κ3) is 10.0. The van der Waals surface area contributed by atoms with E-state index in [1.54, 1.807) is 17.8 Å². The second kappa shape index (κ2) is 14.8. The molecule has 0 radical (unpaired) electrons. The second-order valence-electron chi connectivity index (χ2n) is 7.75. The summed E-state index contributed by atoms with van der Waals surface area (Å²) in [7, 11) is 0. The average Bonchev–Trinajstić information content (AvgIpc) is 2.70. The lowest BCUT2D eigenvalue weighted by Gasteiger charge is -2.29. The molecule has 0 spiro atoms. The molecule has 0 amide bonds. The molecule has 2 atom stereocenters. The predicted molar refractivity (Wildman–Crippen MR) is 141 cm³/mol. The van der Waals surface area contributed by atoms with E-state index in [9.17, 15) is 29.4 Å². The number of benzene rings is 1. The van der Waals surface area contributed by atoms with Crippen LogP contribution in [0.2, 0.25) is 0 Å². The molecule has 1 aromatic carbocycles. The fourth-order valence-corrected chi connectivity index (χ4v) is 7.33. The van der Waals surface area contributed by atoms with Crippen molar-refractivity contribution in [2.45, 2.75) is 61.5 Å². The molecule has 0 heterocycles. The largest absolute Gasteiger partial charge is 0.478 e. The topological polar surface area (TPSA) is 149 Å². The molecular weight excluding hydrogens is 521 g/mol. The maximum absolute atomic E-state index is 12.4. The standard InChI is InChI=1S/C22H30O8S4/c1-11(2)33-15(7-9-31-21(27)28)13-5-6-14(19(23)24)18(20(25)26)17(13)16(34-12(3)4)8-10-32-22(29)30/h5-6,11-12,15-16H,7-10H2,1-4H3,(H,23,24)(H,25,26)(H,27,28)(H,29,30). The van der Waals surface area contributed by atoms with Gasteiger partial charge in [0.2, 0.25) is 0 Å². The Kier molecular flexibility index (Phi) is 13.3. The van der Waals surface area contributed by atoms with E-state index in [0.29, 0.717) is 41.5 Å². The summed E-state index contributed by atoms with van der Waals surface area (Å²) >= 11 is 4.50. The van der Waals surface area contributed by atoms with Gasteiger partial charge in [0, 0.05) is 22.0 Å². The van der Waals surface area contributed by atoms with Crippen LogP contribution in [0.3, 0.4) is 0 Å². The van der Waals surface area contributed by atoms with Crippen molar-refractivity contribution in [2.24, 2.45) is 0 Å². The lowest BCUT2D eigenvalue weighted by Crippen LogP contribution is -2.18. The molecule has 0 fully saturated rings. The summed E-state index contributed by atoms with van der Waals surface area (Å²) in [6, 6.07) is 2.93. The van der Waals surface area contributed by atoms with Crippen molar-refractivity contribution in [2.75, 3.05) is 11.5 Å². The van der Waals surface area contributed by atoms with Crippen molar-refractivity contribution >= 4 is 69.6 Å². The highest BCUT2D eigenvalue weighted by Crippen LogP contribution is 2.46. The number of carboxylic acid groups (broad SMARTS) is 4. The number of thioether (sulfide) groups is 4. The average molecular weight is 551 g/mol. The molecule has 1 rings (SSSR count). The summed E-state index contributed by atoms with van der Waals surface area (Å²) in [5.74, 6) is -2.18. The van der Waals surface area contributed by atoms with E-state index in [4.69, 9.17) is 10.2 Å². The molecule has 0 aliphatic rings. The summed E-state index contributed by atoms with van der Waals surface area (Å²) in [4.78, 5) is 46.4. The predicted octanol–water partition coefficient (Wildman–Crippen LogP) is 7.05. The molecule has 2 unspecified atom stereocenters. The van der Waals surface area contributed by atoms with Crippen LogP contribution in [0.5, 0.6) is 0 Å². The van der Waals surface area contributed by atoms with Gasteiger partial charge in [-0.3, -0.25) is 0 Å². The lowest BCUT2D eigenvalue weighted by molar-refractivity contribution is 0.0650. The highest BCUT2D eigenvalue weighted by Gasteiger charge is 2.32. The van der Waals surface area contributed by atoms with Gasteiger partial charge in [-0.1, -0.05) is 33.8 Å². The molecular formula is C22H30O8S4. The van der Waals surface area contributed by atoms with Crippen molar-refractivity contribution in [1.82, 2.24) is 0 Å². The molecule has 0 aliphatic heterocycles. The number of hydrogen-bond acceptors (Lipinski definition) is 8. The van der Waals surface area contributed by atoms with E-state index in [1.165, 1.54) is 17.8 Å². The van der Waals surface area contributed by atoms with Gasteiger partial charge in [-0.05, 0) is 64.1 Å². The molecule has 0 saturated heterocycles. The highest BCUT2D eigenvalue weighted by atomic mass is 32.2. The Bertz CT molecular complexity index is 888. The van der Waals surface area contributed by atoms with E-state index in [0.717, 1.165) is 11.8 Å². The summed E-state index contributed by atoms with van der Waals surface area (Å²) < 4.78 is 0. The van der Waals surface area contributed by atoms with Crippen LogP contribution in [0.25, 0.3) is 0 Å². The monoisotopic (exact) mass is 550 g/mol. The summed E-state index contributed by atoms with van der Waals surface area (Å²) in [6.07, 6.45) is 0.778. The molecule has 12 heteroatoms. The Morgan fingerprint density at radius 2 is 1.21 bits per heavy atom. The SMILES string of the molecule is CC(C)SC(CCSC(=O)O)c1ccc(C(=O)O)c(C(=O)O)c1C(CCSC(=O)O)SC(C)C. The lowest BCUT2D eigenvalue weighted by atomic mass is 9.90. The van der Waals surface area contributed by atoms with Crippen LogP contribution < -0.4 is 0 Å². The fourth-order valence-electron chi connectivity index (χ4n) is 3.41. The van der Waals surface area contributed by atoms with Gasteiger partial charge >= 0.3 is 22.5 Å². The third-order valence-corrected chi connectivity index (χ3v) is 8.56. The molecule has 8 nitrogen and oxygen atoms in total. The Balaban J connectivity index is 3.74. The number of carboxylic acids is 2. The molecule has 0 aliphatic carbocycles. The van der Waals surface area contributed by atoms with Crippen molar-refractivity contribution in [3.63, 3.8) is 0 Å². The normalized spacial score (nSPS) is 13.1. The van der Waals surface area contributed by atoms with Gasteiger partial charge in [0.15, 0.2) is 0 Å². The van der Waals surface area contributed by atoms with Crippen LogP contribution in [0.4, 0.5) is 9.59 Å². The molecule has 0 bridgehead atoms. The Hall–Kier alpha value is -1.50. The van der Waals surface area contributed by atoms with Gasteiger partial charge in [0.25, 0.3) is 0 Å². The van der Waals surface area contributed by atoms with Crippen LogP contribution in [-0.4, -0.2) is 65.0 Å². The first kappa shape index (κ1) is 30.5. The molecule has 0 aromatic heterocycles. The van der Waals surface area contributed by atoms with Gasteiger partial charge in [-0.2, -0.15) is 23.5 Å². The van der Waals surface area contributed by atoms with Crippen molar-refractivity contribution in [3.05, 3.63) is 34.4 Å². The van der Waals surface area contributed by atoms with Gasteiger partial charge in [0.1, 0.15) is 0 Å². The maximum Gasteiger partial charge on any atom is 0.364 e. The summed E-state index contributed by atoms with van der Waals surface area (Å²) in [5, 5.41) is 35.3. The van der Waals surface area contributed by atoms with Crippen LogP contribution in [0.15, 0.2) is 12.1 Å². The van der Waals surface area contributed by atoms with Crippen molar-refractivity contribution in [3.8, 4) is 0 Å². The van der Waals surface area contributed by atoms with Crippen molar-refractivity contribution in [1.29, 1.82) is 0 Å². The third-order valence-electron chi connectivity index (χ3n) is 4.48. The van der Waals surface area contributed by atoms with Gasteiger partial charge in [-0.25, -0.2) is 19.2 Å². The van der Waals surface area contributed by atoms with Crippen LogP contribution in [-0.2, 0) is 0 Å². The summed E-state index contributed by atoms with van der Waals surface area (Å²) in [6.45, 7) is 7.84. The second-order valence-corrected chi connectivity index (χ2v) is 13.4. The number of carbonyl (C=O) groups is 4. The number of aromatic carboxylic acids is 2. The van der Waals surface area contributed by atoms with Gasteiger partial charge in [-0.15, -0.1) is 0 Å². The zero-order valence-electron chi connectivity index (χ0n) is 19.3. The zero-order chi connectivity index (χ0) is 26.0. The van der Waals surface area contributed by atoms with Crippen LogP contribution in [0.1, 0.15) is 82.9 Å². The first-order valence-electron chi connectivity index (χ1n) is 10.5. The van der Waals surface area contributed by atoms with Gasteiger partial charge in [0.05, 0.1) is 11.1 Å². The minimum absolute atomic E-state index is 0.0709. The van der Waals surface area contributed by atoms with E-state index < -0.39 is 27.8 Å². The highest BCUT2D eigenvalue weighted by molar-refractivity contribution is 8.13. The number of rotatable bonds is 14. The molecule has 0 saturated carbocycles. The maximum atomic E-state index is 12.4. The Labute approximate surface area is 216 Å². The smallest absolute Gasteiger partial charge is 0.364 e. The van der Waals surface area contributed by atoms with E-state index >= 15 is 0 Å². The van der Waals surface area contributed by atoms with Crippen LogP contribution in [0, 0.1) is 0 Å². The first-order chi connectivity index (χ1) is 15.8. The quantitative estimate of drug-likeness (QED) is 0.188. The first-order valence-corrected chi connectivity index (χ1v) is 14.4. The Morgan fingerprint density at radius 1 is 0.735 bits per heavy atom. The van der Waals surface area contributed by atoms with E-state index in [1.807, 2.05) is 27.7 Å². The van der Waals surface area contributed by atoms with E-state index in [2.05, 4.69) is 0 Å². The Morgan fingerprint density at radius 3 is 1.62 bits per heavy atom.